The summed E-state index contributed by atoms with van der Waals surface area (Å²) in [6.07, 6.45) is 1.57. The predicted octanol–water partition coefficient (Wildman–Crippen LogP) is 4.21. The average Bonchev–Trinajstić information content (AvgIpc) is 3.50. The molecule has 1 N–H and O–H groups in total. The van der Waals surface area contributed by atoms with Gasteiger partial charge in [-0.15, -0.1) is 0 Å². The van der Waals surface area contributed by atoms with Crippen molar-refractivity contribution in [3.05, 3.63) is 71.3 Å². The quantitative estimate of drug-likeness (QED) is 0.831. The number of aryl methyl sites for hydroxylation is 1. The van der Waals surface area contributed by atoms with Crippen molar-refractivity contribution < 1.29 is 9.59 Å². The zero-order valence-electron chi connectivity index (χ0n) is 17.5. The summed E-state index contributed by atoms with van der Waals surface area (Å²) in [6.45, 7) is 6.81. The van der Waals surface area contributed by atoms with Crippen LogP contribution < -0.4 is 5.32 Å². The molecular formula is C25H30N2O2. The molecule has 1 aliphatic carbocycles. The SMILES string of the molecule is Cc1ccccc1[C@H]1CN(C(=O)[C@@H]2C[C@H]2c2ccccc2)[C@@H](CC(C)C)C(=O)N1. The Morgan fingerprint density at radius 3 is 2.48 bits per heavy atom. The van der Waals surface area contributed by atoms with Crippen LogP contribution >= 0.6 is 0 Å². The monoisotopic (exact) mass is 390 g/mol. The minimum atomic E-state index is -0.375. The molecule has 1 heterocycles. The number of hydrogen-bond acceptors (Lipinski definition) is 2. The Labute approximate surface area is 173 Å². The first-order valence-corrected chi connectivity index (χ1v) is 10.7. The van der Waals surface area contributed by atoms with Crippen LogP contribution in [0.25, 0.3) is 0 Å². The van der Waals surface area contributed by atoms with Crippen LogP contribution in [0.3, 0.4) is 0 Å². The Kier molecular flexibility index (Phi) is 5.44. The summed E-state index contributed by atoms with van der Waals surface area (Å²) in [5, 5.41) is 3.18. The zero-order valence-corrected chi connectivity index (χ0v) is 17.5. The van der Waals surface area contributed by atoms with Crippen LogP contribution in [0, 0.1) is 18.8 Å². The van der Waals surface area contributed by atoms with E-state index in [1.807, 2.05) is 35.2 Å². The molecule has 0 unspecified atom stereocenters. The fourth-order valence-electron chi connectivity index (χ4n) is 4.61. The van der Waals surface area contributed by atoms with E-state index in [9.17, 15) is 9.59 Å². The highest BCUT2D eigenvalue weighted by atomic mass is 16.2. The van der Waals surface area contributed by atoms with E-state index < -0.39 is 0 Å². The highest BCUT2D eigenvalue weighted by Gasteiger charge is 2.49. The summed E-state index contributed by atoms with van der Waals surface area (Å²) in [4.78, 5) is 28.4. The first-order chi connectivity index (χ1) is 14.0. The van der Waals surface area contributed by atoms with Crippen LogP contribution in [-0.2, 0) is 9.59 Å². The van der Waals surface area contributed by atoms with Crippen molar-refractivity contribution in [2.24, 2.45) is 11.8 Å². The molecule has 4 heteroatoms. The number of hydrogen-bond donors (Lipinski definition) is 1. The van der Waals surface area contributed by atoms with Crippen molar-refractivity contribution in [1.29, 1.82) is 0 Å². The molecule has 2 aromatic rings. The van der Waals surface area contributed by atoms with Crippen molar-refractivity contribution in [1.82, 2.24) is 10.2 Å². The molecule has 2 amide bonds. The molecule has 0 radical (unpaired) electrons. The van der Waals surface area contributed by atoms with E-state index in [0.29, 0.717) is 18.9 Å². The molecule has 4 rings (SSSR count). The maximum atomic E-state index is 13.5. The van der Waals surface area contributed by atoms with Crippen molar-refractivity contribution in [3.8, 4) is 0 Å². The molecule has 4 atom stereocenters. The molecule has 2 fully saturated rings. The summed E-state index contributed by atoms with van der Waals surface area (Å²) in [5.41, 5.74) is 3.46. The second-order valence-corrected chi connectivity index (χ2v) is 8.91. The Bertz CT molecular complexity index is 893. The molecule has 1 saturated carbocycles. The van der Waals surface area contributed by atoms with Crippen LogP contribution in [0.1, 0.15) is 55.3 Å². The van der Waals surface area contributed by atoms with Gasteiger partial charge < -0.3 is 10.2 Å². The molecular weight excluding hydrogens is 360 g/mol. The first kappa shape index (κ1) is 19.7. The van der Waals surface area contributed by atoms with Gasteiger partial charge in [0.2, 0.25) is 11.8 Å². The minimum Gasteiger partial charge on any atom is -0.346 e. The largest absolute Gasteiger partial charge is 0.346 e. The normalized spacial score (nSPS) is 26.3. The van der Waals surface area contributed by atoms with E-state index in [1.54, 1.807) is 0 Å². The van der Waals surface area contributed by atoms with Gasteiger partial charge in [-0.2, -0.15) is 0 Å². The molecule has 1 saturated heterocycles. The molecule has 4 nitrogen and oxygen atoms in total. The third-order valence-electron chi connectivity index (χ3n) is 6.25. The minimum absolute atomic E-state index is 0.00418. The van der Waals surface area contributed by atoms with Crippen molar-refractivity contribution >= 4 is 11.8 Å². The van der Waals surface area contributed by atoms with Gasteiger partial charge in [0.25, 0.3) is 0 Å². The molecule has 0 aromatic heterocycles. The van der Waals surface area contributed by atoms with E-state index in [1.165, 1.54) is 5.56 Å². The lowest BCUT2D eigenvalue weighted by atomic mass is 9.93. The standard InChI is InChI=1S/C25H30N2O2/c1-16(2)13-23-24(28)26-22(19-12-8-7-9-17(19)3)15-27(23)25(29)21-14-20(21)18-10-5-4-6-11-18/h4-12,16,20-23H,13-15H2,1-3H3,(H,26,28)/t20-,21+,22+,23-/m0/s1. The maximum absolute atomic E-state index is 13.5. The Morgan fingerprint density at radius 1 is 1.10 bits per heavy atom. The fourth-order valence-corrected chi connectivity index (χ4v) is 4.61. The number of nitrogens with one attached hydrogen (secondary N) is 1. The predicted molar refractivity (Wildman–Crippen MR) is 114 cm³/mol. The lowest BCUT2D eigenvalue weighted by Gasteiger charge is -2.41. The van der Waals surface area contributed by atoms with Gasteiger partial charge in [-0.1, -0.05) is 68.4 Å². The summed E-state index contributed by atoms with van der Waals surface area (Å²) >= 11 is 0. The fraction of sp³-hybridized carbons (Fsp3) is 0.440. The zero-order chi connectivity index (χ0) is 20.5. The molecule has 0 spiro atoms. The molecule has 29 heavy (non-hydrogen) atoms. The van der Waals surface area contributed by atoms with Gasteiger partial charge in [-0.05, 0) is 48.3 Å². The summed E-state index contributed by atoms with van der Waals surface area (Å²) in [6, 6.07) is 17.8. The van der Waals surface area contributed by atoms with Crippen LogP contribution in [0.15, 0.2) is 54.6 Å². The second kappa shape index (κ2) is 8.02. The van der Waals surface area contributed by atoms with Crippen LogP contribution in [-0.4, -0.2) is 29.3 Å². The van der Waals surface area contributed by atoms with Crippen molar-refractivity contribution in [2.45, 2.75) is 51.6 Å². The highest BCUT2D eigenvalue weighted by molar-refractivity contribution is 5.91. The van der Waals surface area contributed by atoms with Gasteiger partial charge in [0.15, 0.2) is 0 Å². The van der Waals surface area contributed by atoms with Crippen LogP contribution in [0.5, 0.6) is 0 Å². The number of rotatable bonds is 5. The Balaban J connectivity index is 1.57. The molecule has 2 aliphatic rings. The van der Waals surface area contributed by atoms with E-state index in [2.05, 4.69) is 50.4 Å². The van der Waals surface area contributed by atoms with Gasteiger partial charge >= 0.3 is 0 Å². The van der Waals surface area contributed by atoms with Crippen molar-refractivity contribution in [3.63, 3.8) is 0 Å². The lowest BCUT2D eigenvalue weighted by Crippen LogP contribution is -2.59. The van der Waals surface area contributed by atoms with E-state index >= 15 is 0 Å². The van der Waals surface area contributed by atoms with Gasteiger partial charge in [0.1, 0.15) is 6.04 Å². The second-order valence-electron chi connectivity index (χ2n) is 8.91. The maximum Gasteiger partial charge on any atom is 0.243 e. The number of nitrogens with zero attached hydrogens (tertiary/aromatic N) is 1. The van der Waals surface area contributed by atoms with Gasteiger partial charge in [0.05, 0.1) is 6.04 Å². The smallest absolute Gasteiger partial charge is 0.243 e. The molecule has 2 aromatic carbocycles. The van der Waals surface area contributed by atoms with E-state index in [4.69, 9.17) is 0 Å². The highest BCUT2D eigenvalue weighted by Crippen LogP contribution is 2.49. The molecule has 0 bridgehead atoms. The third kappa shape index (κ3) is 4.07. The summed E-state index contributed by atoms with van der Waals surface area (Å²) in [5.74, 6) is 0.738. The summed E-state index contributed by atoms with van der Waals surface area (Å²) in [7, 11) is 0. The number of benzene rings is 2. The average molecular weight is 391 g/mol. The summed E-state index contributed by atoms with van der Waals surface area (Å²) < 4.78 is 0. The number of carbonyl (C=O) groups is 2. The molecule has 1 aliphatic heterocycles. The van der Waals surface area contributed by atoms with E-state index in [0.717, 1.165) is 17.5 Å². The Hall–Kier alpha value is -2.62. The van der Waals surface area contributed by atoms with Crippen molar-refractivity contribution in [2.75, 3.05) is 6.54 Å². The number of piperazine rings is 1. The van der Waals surface area contributed by atoms with Gasteiger partial charge in [-0.25, -0.2) is 0 Å². The first-order valence-electron chi connectivity index (χ1n) is 10.7. The number of carbonyl (C=O) groups excluding carboxylic acids is 2. The van der Waals surface area contributed by atoms with Gasteiger partial charge in [0, 0.05) is 12.5 Å². The Morgan fingerprint density at radius 2 is 1.79 bits per heavy atom. The molecule has 152 valence electrons. The van der Waals surface area contributed by atoms with E-state index in [-0.39, 0.29) is 35.7 Å². The third-order valence-corrected chi connectivity index (χ3v) is 6.25. The topological polar surface area (TPSA) is 49.4 Å². The lowest BCUT2D eigenvalue weighted by molar-refractivity contribution is -0.146. The number of amides is 2. The van der Waals surface area contributed by atoms with Gasteiger partial charge in [-0.3, -0.25) is 9.59 Å². The van der Waals surface area contributed by atoms with Crippen LogP contribution in [0.2, 0.25) is 0 Å². The van der Waals surface area contributed by atoms with Crippen LogP contribution in [0.4, 0.5) is 0 Å².